The number of sulfonamides is 1. The summed E-state index contributed by atoms with van der Waals surface area (Å²) in [6.45, 7) is 0.420. The summed E-state index contributed by atoms with van der Waals surface area (Å²) < 4.78 is 23.8. The fourth-order valence-electron chi connectivity index (χ4n) is 1.47. The Morgan fingerprint density at radius 2 is 2.21 bits per heavy atom. The molecule has 1 unspecified atom stereocenters. The number of nitrogens with zero attached hydrogens (tertiary/aromatic N) is 1. The lowest BCUT2D eigenvalue weighted by atomic mass is 10.0. The second kappa shape index (κ2) is 4.46. The minimum Gasteiger partial charge on any atom is -0.481 e. The van der Waals surface area contributed by atoms with Gasteiger partial charge in [0.2, 0.25) is 10.0 Å². The summed E-state index contributed by atoms with van der Waals surface area (Å²) in [7, 11) is -3.45. The van der Waals surface area contributed by atoms with Crippen molar-refractivity contribution in [3.8, 4) is 0 Å². The van der Waals surface area contributed by atoms with E-state index < -0.39 is 27.1 Å². The first-order valence-electron chi connectivity index (χ1n) is 4.24. The fraction of sp³-hybridized carbons (Fsp3) is 0.857. The minimum atomic E-state index is -3.45. The third-order valence-corrected chi connectivity index (χ3v) is 4.49. The van der Waals surface area contributed by atoms with E-state index in [-0.39, 0.29) is 6.54 Å². The second-order valence-electron chi connectivity index (χ2n) is 3.26. The Bertz CT molecular complexity index is 316. The number of halogens is 1. The first-order valence-corrected chi connectivity index (χ1v) is 6.38. The number of carbonyl (C=O) groups is 1. The molecule has 0 bridgehead atoms. The van der Waals surface area contributed by atoms with Crippen LogP contribution in [0.1, 0.15) is 12.8 Å². The third-order valence-electron chi connectivity index (χ3n) is 2.26. The Hall–Kier alpha value is -0.330. The lowest BCUT2D eigenvalue weighted by Gasteiger charge is -2.28. The summed E-state index contributed by atoms with van der Waals surface area (Å²) in [4.78, 5) is 10.7. The Kier molecular flexibility index (Phi) is 3.74. The summed E-state index contributed by atoms with van der Waals surface area (Å²) in [6.07, 6.45) is 1.11. The van der Waals surface area contributed by atoms with Crippen molar-refractivity contribution in [1.29, 1.82) is 0 Å². The predicted octanol–water partition coefficient (Wildman–Crippen LogP) is 0.309. The second-order valence-corrected chi connectivity index (χ2v) is 5.81. The molecule has 0 aromatic rings. The summed E-state index contributed by atoms with van der Waals surface area (Å²) in [5.74, 6) is -1.54. The van der Waals surface area contributed by atoms with Crippen LogP contribution in [0, 0.1) is 5.92 Å². The molecule has 82 valence electrons. The summed E-state index contributed by atoms with van der Waals surface area (Å²) in [5, 5.41) is 8.25. The minimum absolute atomic E-state index is 0.0460. The summed E-state index contributed by atoms with van der Waals surface area (Å²) >= 11 is 5.28. The van der Waals surface area contributed by atoms with Gasteiger partial charge in [0.15, 0.2) is 0 Å². The molecule has 0 radical (unpaired) electrons. The summed E-state index contributed by atoms with van der Waals surface area (Å²) in [5.41, 5.74) is 0. The number of carboxylic acids is 1. The molecule has 1 atom stereocenters. The van der Waals surface area contributed by atoms with Gasteiger partial charge in [-0.05, 0) is 12.8 Å². The highest BCUT2D eigenvalue weighted by Gasteiger charge is 2.31. The molecular weight excluding hydrogens is 230 g/mol. The quantitative estimate of drug-likeness (QED) is 0.722. The molecule has 0 spiro atoms. The van der Waals surface area contributed by atoms with Gasteiger partial charge in [-0.3, -0.25) is 4.79 Å². The molecule has 7 heteroatoms. The normalized spacial score (nSPS) is 24.8. The Morgan fingerprint density at radius 1 is 1.57 bits per heavy atom. The maximum atomic E-state index is 11.3. The zero-order valence-corrected chi connectivity index (χ0v) is 9.09. The first-order chi connectivity index (χ1) is 6.47. The van der Waals surface area contributed by atoms with Gasteiger partial charge in [0.1, 0.15) is 5.21 Å². The number of rotatable bonds is 3. The highest BCUT2D eigenvalue weighted by Crippen LogP contribution is 2.19. The van der Waals surface area contributed by atoms with Crippen LogP contribution >= 0.6 is 11.6 Å². The fourth-order valence-corrected chi connectivity index (χ4v) is 2.83. The van der Waals surface area contributed by atoms with Gasteiger partial charge in [0, 0.05) is 13.1 Å². The third kappa shape index (κ3) is 2.59. The summed E-state index contributed by atoms with van der Waals surface area (Å²) in [6, 6.07) is 0. The van der Waals surface area contributed by atoms with Crippen molar-refractivity contribution < 1.29 is 18.3 Å². The van der Waals surface area contributed by atoms with Crippen molar-refractivity contribution in [1.82, 2.24) is 4.31 Å². The average molecular weight is 242 g/mol. The van der Waals surface area contributed by atoms with E-state index in [0.29, 0.717) is 19.4 Å². The number of aliphatic carboxylic acids is 1. The van der Waals surface area contributed by atoms with Gasteiger partial charge in [-0.2, -0.15) is 0 Å². The van der Waals surface area contributed by atoms with Crippen LogP contribution in [0.4, 0.5) is 0 Å². The molecule has 1 heterocycles. The Balaban J connectivity index is 2.70. The van der Waals surface area contributed by atoms with Gasteiger partial charge < -0.3 is 5.11 Å². The van der Waals surface area contributed by atoms with Gasteiger partial charge >= 0.3 is 5.97 Å². The van der Waals surface area contributed by atoms with E-state index in [4.69, 9.17) is 16.7 Å². The van der Waals surface area contributed by atoms with Crippen LogP contribution < -0.4 is 0 Å². The number of alkyl halides is 1. The van der Waals surface area contributed by atoms with Crippen molar-refractivity contribution in [3.63, 3.8) is 0 Å². The Labute approximate surface area is 87.7 Å². The molecule has 1 aliphatic heterocycles. The SMILES string of the molecule is O=C(O)C1CCCN(S(=O)(=O)CCl)C1. The Morgan fingerprint density at radius 3 is 2.71 bits per heavy atom. The first kappa shape index (κ1) is 11.7. The molecular formula is C7H12ClNO4S. The largest absolute Gasteiger partial charge is 0.481 e. The van der Waals surface area contributed by atoms with Crippen LogP contribution in [-0.2, 0) is 14.8 Å². The van der Waals surface area contributed by atoms with E-state index in [0.717, 1.165) is 4.31 Å². The van der Waals surface area contributed by atoms with Crippen molar-refractivity contribution in [3.05, 3.63) is 0 Å². The molecule has 1 aliphatic rings. The van der Waals surface area contributed by atoms with Crippen molar-refractivity contribution in [2.45, 2.75) is 12.8 Å². The van der Waals surface area contributed by atoms with Gasteiger partial charge in [0.25, 0.3) is 0 Å². The van der Waals surface area contributed by atoms with Crippen LogP contribution in [0.25, 0.3) is 0 Å². The van der Waals surface area contributed by atoms with E-state index in [1.807, 2.05) is 0 Å². The van der Waals surface area contributed by atoms with Crippen LogP contribution in [0.2, 0.25) is 0 Å². The zero-order chi connectivity index (χ0) is 10.8. The number of hydrogen-bond donors (Lipinski definition) is 1. The molecule has 0 aromatic heterocycles. The van der Waals surface area contributed by atoms with E-state index >= 15 is 0 Å². The van der Waals surface area contributed by atoms with Crippen LogP contribution in [-0.4, -0.2) is 42.1 Å². The van der Waals surface area contributed by atoms with E-state index in [1.54, 1.807) is 0 Å². The number of hydrogen-bond acceptors (Lipinski definition) is 3. The van der Waals surface area contributed by atoms with Gasteiger partial charge in [0.05, 0.1) is 5.92 Å². The lowest BCUT2D eigenvalue weighted by molar-refractivity contribution is -0.142. The van der Waals surface area contributed by atoms with Gasteiger partial charge in [-0.1, -0.05) is 0 Å². The smallest absolute Gasteiger partial charge is 0.307 e. The van der Waals surface area contributed by atoms with Crippen LogP contribution in [0.3, 0.4) is 0 Å². The highest BCUT2D eigenvalue weighted by molar-refractivity contribution is 7.90. The molecule has 0 aliphatic carbocycles. The lowest BCUT2D eigenvalue weighted by Crippen LogP contribution is -2.42. The average Bonchev–Trinajstić information content (AvgIpc) is 2.18. The zero-order valence-electron chi connectivity index (χ0n) is 7.52. The molecule has 1 saturated heterocycles. The van der Waals surface area contributed by atoms with E-state index in [2.05, 4.69) is 0 Å². The number of piperidine rings is 1. The van der Waals surface area contributed by atoms with Crippen LogP contribution in [0.5, 0.6) is 0 Å². The molecule has 0 amide bonds. The van der Waals surface area contributed by atoms with Gasteiger partial charge in [-0.15, -0.1) is 11.6 Å². The molecule has 1 fully saturated rings. The highest BCUT2D eigenvalue weighted by atomic mass is 35.5. The topological polar surface area (TPSA) is 74.7 Å². The molecule has 0 saturated carbocycles. The van der Waals surface area contributed by atoms with Gasteiger partial charge in [-0.25, -0.2) is 12.7 Å². The maximum Gasteiger partial charge on any atom is 0.307 e. The molecule has 0 aromatic carbocycles. The number of carboxylic acid groups (broad SMARTS) is 1. The molecule has 14 heavy (non-hydrogen) atoms. The van der Waals surface area contributed by atoms with Crippen molar-refractivity contribution >= 4 is 27.6 Å². The van der Waals surface area contributed by atoms with Crippen LogP contribution in [0.15, 0.2) is 0 Å². The monoisotopic (exact) mass is 241 g/mol. The molecule has 1 N–H and O–H groups in total. The molecule has 5 nitrogen and oxygen atoms in total. The van der Waals surface area contributed by atoms with E-state index in [9.17, 15) is 13.2 Å². The predicted molar refractivity (Wildman–Crippen MR) is 51.6 cm³/mol. The van der Waals surface area contributed by atoms with Crippen molar-refractivity contribution in [2.75, 3.05) is 18.3 Å². The maximum absolute atomic E-state index is 11.3. The van der Waals surface area contributed by atoms with E-state index in [1.165, 1.54) is 0 Å². The molecule has 1 rings (SSSR count). The standard InChI is InChI=1S/C7H12ClNO4S/c8-5-14(12,13)9-3-1-2-6(4-9)7(10)11/h6H,1-5H2,(H,10,11). The van der Waals surface area contributed by atoms with Crippen molar-refractivity contribution in [2.24, 2.45) is 5.92 Å².